The third-order valence-electron chi connectivity index (χ3n) is 2.97. The fourth-order valence-electron chi connectivity index (χ4n) is 1.98. The lowest BCUT2D eigenvalue weighted by atomic mass is 10.1. The van der Waals surface area contributed by atoms with E-state index in [-0.39, 0.29) is 0 Å². The number of thiazole rings is 1. The van der Waals surface area contributed by atoms with Gasteiger partial charge in [0.25, 0.3) is 0 Å². The van der Waals surface area contributed by atoms with Crippen LogP contribution < -0.4 is 10.5 Å². The van der Waals surface area contributed by atoms with Gasteiger partial charge in [0, 0.05) is 12.1 Å². The van der Waals surface area contributed by atoms with E-state index in [2.05, 4.69) is 17.1 Å². The summed E-state index contributed by atoms with van der Waals surface area (Å²) in [6.07, 6.45) is 0.837. The van der Waals surface area contributed by atoms with Gasteiger partial charge in [0.15, 0.2) is 0 Å². The van der Waals surface area contributed by atoms with Crippen LogP contribution in [0.2, 0.25) is 0 Å². The number of hydrogen-bond donors (Lipinski definition) is 1. The van der Waals surface area contributed by atoms with Gasteiger partial charge in [-0.15, -0.1) is 11.3 Å². The molecule has 0 atom stereocenters. The van der Waals surface area contributed by atoms with Gasteiger partial charge in [-0.3, -0.25) is 0 Å². The van der Waals surface area contributed by atoms with E-state index in [0.717, 1.165) is 33.1 Å². The summed E-state index contributed by atoms with van der Waals surface area (Å²) in [7, 11) is 1.67. The molecule has 3 rings (SSSR count). The molecule has 0 aliphatic heterocycles. The molecular formula is C15H14N2OS. The summed E-state index contributed by atoms with van der Waals surface area (Å²) in [6.45, 7) is 0. The van der Waals surface area contributed by atoms with Crippen molar-refractivity contribution in [3.63, 3.8) is 0 Å². The number of anilines is 1. The largest absolute Gasteiger partial charge is 0.497 e. The molecule has 0 radical (unpaired) electrons. The number of methoxy groups -OCH3 is 1. The maximum absolute atomic E-state index is 5.78. The van der Waals surface area contributed by atoms with E-state index in [1.54, 1.807) is 18.4 Å². The highest BCUT2D eigenvalue weighted by Crippen LogP contribution is 2.26. The fourth-order valence-corrected chi connectivity index (χ4v) is 3.03. The maximum atomic E-state index is 5.78. The smallest absolute Gasteiger partial charge is 0.118 e. The van der Waals surface area contributed by atoms with Crippen molar-refractivity contribution in [3.05, 3.63) is 53.0 Å². The highest BCUT2D eigenvalue weighted by Gasteiger charge is 2.05. The van der Waals surface area contributed by atoms with E-state index in [9.17, 15) is 0 Å². The predicted octanol–water partition coefficient (Wildman–Crippen LogP) is 3.48. The predicted molar refractivity (Wildman–Crippen MR) is 79.8 cm³/mol. The first-order valence-corrected chi connectivity index (χ1v) is 6.84. The summed E-state index contributed by atoms with van der Waals surface area (Å²) in [6, 6.07) is 13.9. The van der Waals surface area contributed by atoms with Gasteiger partial charge in [-0.25, -0.2) is 4.98 Å². The third-order valence-corrected chi connectivity index (χ3v) is 3.99. The number of nitrogens with two attached hydrogens (primary N) is 1. The summed E-state index contributed by atoms with van der Waals surface area (Å²) in [5.41, 5.74) is 8.81. The van der Waals surface area contributed by atoms with Gasteiger partial charge in [0.2, 0.25) is 0 Å². The van der Waals surface area contributed by atoms with Gasteiger partial charge < -0.3 is 10.5 Å². The molecule has 19 heavy (non-hydrogen) atoms. The number of rotatable bonds is 3. The number of fused-ring (bicyclic) bond motifs is 1. The Morgan fingerprint density at radius 1 is 1.16 bits per heavy atom. The molecule has 4 heteroatoms. The first-order valence-electron chi connectivity index (χ1n) is 6.02. The van der Waals surface area contributed by atoms with Crippen LogP contribution in [0.5, 0.6) is 5.75 Å². The maximum Gasteiger partial charge on any atom is 0.118 e. The quantitative estimate of drug-likeness (QED) is 0.741. The highest BCUT2D eigenvalue weighted by atomic mass is 32.1. The lowest BCUT2D eigenvalue weighted by molar-refractivity contribution is 0.414. The monoisotopic (exact) mass is 270 g/mol. The molecule has 0 bridgehead atoms. The van der Waals surface area contributed by atoms with E-state index < -0.39 is 0 Å². The van der Waals surface area contributed by atoms with E-state index in [1.807, 2.05) is 30.3 Å². The Bertz CT molecular complexity index is 704. The summed E-state index contributed by atoms with van der Waals surface area (Å²) < 4.78 is 6.30. The average Bonchev–Trinajstić information content (AvgIpc) is 2.81. The van der Waals surface area contributed by atoms with E-state index >= 15 is 0 Å². The molecule has 0 unspecified atom stereocenters. The number of nitrogens with zero attached hydrogens (tertiary/aromatic N) is 1. The van der Waals surface area contributed by atoms with Crippen LogP contribution in [0.25, 0.3) is 10.2 Å². The molecule has 2 N–H and O–H groups in total. The first kappa shape index (κ1) is 12.0. The Morgan fingerprint density at radius 2 is 1.95 bits per heavy atom. The second-order valence-corrected chi connectivity index (χ2v) is 5.47. The lowest BCUT2D eigenvalue weighted by Gasteiger charge is -2.01. The molecule has 2 aromatic carbocycles. The second kappa shape index (κ2) is 4.90. The van der Waals surface area contributed by atoms with Gasteiger partial charge in [0.05, 0.1) is 22.3 Å². The van der Waals surface area contributed by atoms with Crippen molar-refractivity contribution in [1.82, 2.24) is 4.98 Å². The molecule has 0 saturated carbocycles. The first-order chi connectivity index (χ1) is 9.24. The number of nitrogen functional groups attached to an aromatic ring is 1. The normalized spacial score (nSPS) is 10.8. The minimum absolute atomic E-state index is 0.784. The third kappa shape index (κ3) is 2.53. The Balaban J connectivity index is 1.87. The zero-order valence-corrected chi connectivity index (χ0v) is 11.4. The van der Waals surface area contributed by atoms with Crippen LogP contribution in [0.1, 0.15) is 10.6 Å². The highest BCUT2D eigenvalue weighted by molar-refractivity contribution is 7.18. The topological polar surface area (TPSA) is 48.1 Å². The molecular weight excluding hydrogens is 256 g/mol. The summed E-state index contributed by atoms with van der Waals surface area (Å²) in [4.78, 5) is 4.62. The van der Waals surface area contributed by atoms with Crippen LogP contribution in [0, 0.1) is 0 Å². The lowest BCUT2D eigenvalue weighted by Crippen LogP contribution is -1.88. The van der Waals surface area contributed by atoms with Crippen molar-refractivity contribution in [2.75, 3.05) is 12.8 Å². The van der Waals surface area contributed by atoms with Gasteiger partial charge in [-0.2, -0.15) is 0 Å². The van der Waals surface area contributed by atoms with Crippen LogP contribution in [-0.4, -0.2) is 12.1 Å². The molecule has 0 spiro atoms. The minimum Gasteiger partial charge on any atom is -0.497 e. The van der Waals surface area contributed by atoms with Crippen molar-refractivity contribution < 1.29 is 4.74 Å². The molecule has 0 aliphatic carbocycles. The van der Waals surface area contributed by atoms with Crippen LogP contribution in [0.3, 0.4) is 0 Å². The van der Waals surface area contributed by atoms with Gasteiger partial charge in [-0.05, 0) is 35.9 Å². The summed E-state index contributed by atoms with van der Waals surface area (Å²) in [5.74, 6) is 0.876. The van der Waals surface area contributed by atoms with Gasteiger partial charge >= 0.3 is 0 Å². The van der Waals surface area contributed by atoms with Gasteiger partial charge in [-0.1, -0.05) is 12.1 Å². The van der Waals surface area contributed by atoms with Crippen LogP contribution in [0.15, 0.2) is 42.5 Å². The van der Waals surface area contributed by atoms with E-state index in [0.29, 0.717) is 0 Å². The van der Waals surface area contributed by atoms with E-state index in [1.165, 1.54) is 5.56 Å². The second-order valence-electron chi connectivity index (χ2n) is 4.36. The number of aromatic nitrogens is 1. The molecule has 0 fully saturated rings. The molecule has 0 saturated heterocycles. The molecule has 0 aliphatic rings. The van der Waals surface area contributed by atoms with Gasteiger partial charge in [0.1, 0.15) is 5.75 Å². The Kier molecular flexibility index (Phi) is 3.09. The standard InChI is InChI=1S/C15H14N2OS/c1-18-12-5-2-10(3-6-12)8-15-17-13-7-4-11(16)9-14(13)19-15/h2-7,9H,8,16H2,1H3. The molecule has 3 nitrogen and oxygen atoms in total. The molecule has 0 amide bonds. The van der Waals surface area contributed by atoms with Crippen molar-refractivity contribution in [2.24, 2.45) is 0 Å². The van der Waals surface area contributed by atoms with Crippen LogP contribution in [-0.2, 0) is 6.42 Å². The average molecular weight is 270 g/mol. The van der Waals surface area contributed by atoms with Crippen molar-refractivity contribution >= 4 is 27.2 Å². The number of ether oxygens (including phenoxy) is 1. The SMILES string of the molecule is COc1ccc(Cc2nc3ccc(N)cc3s2)cc1. The Labute approximate surface area is 115 Å². The molecule has 1 aromatic heterocycles. The van der Waals surface area contributed by atoms with Crippen LogP contribution >= 0.6 is 11.3 Å². The minimum atomic E-state index is 0.784. The molecule has 1 heterocycles. The zero-order valence-electron chi connectivity index (χ0n) is 10.6. The van der Waals surface area contributed by atoms with Crippen molar-refractivity contribution in [1.29, 1.82) is 0 Å². The van der Waals surface area contributed by atoms with E-state index in [4.69, 9.17) is 10.5 Å². The number of benzene rings is 2. The summed E-state index contributed by atoms with van der Waals surface area (Å²) >= 11 is 1.69. The van der Waals surface area contributed by atoms with Crippen molar-refractivity contribution in [3.8, 4) is 5.75 Å². The fraction of sp³-hybridized carbons (Fsp3) is 0.133. The molecule has 3 aromatic rings. The van der Waals surface area contributed by atoms with Crippen LogP contribution in [0.4, 0.5) is 5.69 Å². The summed E-state index contributed by atoms with van der Waals surface area (Å²) in [5, 5.41) is 1.10. The Morgan fingerprint density at radius 3 is 2.68 bits per heavy atom. The number of hydrogen-bond acceptors (Lipinski definition) is 4. The zero-order chi connectivity index (χ0) is 13.2. The van der Waals surface area contributed by atoms with Crippen molar-refractivity contribution in [2.45, 2.75) is 6.42 Å². The molecule has 96 valence electrons. The Hall–Kier alpha value is -2.07.